The van der Waals surface area contributed by atoms with Gasteiger partial charge in [0.1, 0.15) is 0 Å². The maximum absolute atomic E-state index is 10.5. The molecule has 0 radical (unpaired) electrons. The molecule has 1 N–H and O–H groups in total. The Morgan fingerprint density at radius 2 is 2.38 bits per heavy atom. The number of carbonyl (C=O) groups is 1. The lowest BCUT2D eigenvalue weighted by molar-refractivity contribution is -0.136. The van der Waals surface area contributed by atoms with Gasteiger partial charge in [-0.25, -0.2) is 0 Å². The molecule has 2 aromatic rings. The minimum Gasteiger partial charge on any atom is -0.481 e. The largest absolute Gasteiger partial charge is 0.481 e. The Morgan fingerprint density at radius 3 is 3.15 bits per heavy atom. The fourth-order valence-corrected chi connectivity index (χ4v) is 1.11. The van der Waals surface area contributed by atoms with Crippen molar-refractivity contribution >= 4 is 11.6 Å². The Balaban J connectivity index is 2.54. The second-order valence-electron chi connectivity index (χ2n) is 2.54. The molecule has 0 unspecified atom stereocenters. The number of pyridine rings is 1. The number of carboxylic acids is 1. The van der Waals surface area contributed by atoms with Gasteiger partial charge in [0.15, 0.2) is 5.65 Å². The van der Waals surface area contributed by atoms with E-state index in [1.165, 1.54) is 4.52 Å². The topological polar surface area (TPSA) is 80.4 Å². The van der Waals surface area contributed by atoms with E-state index in [9.17, 15) is 4.79 Å². The molecule has 0 aromatic carbocycles. The first-order valence-corrected chi connectivity index (χ1v) is 3.65. The molecule has 0 saturated heterocycles. The van der Waals surface area contributed by atoms with Gasteiger partial charge in [-0.05, 0) is 22.6 Å². The van der Waals surface area contributed by atoms with E-state index in [1.54, 1.807) is 18.2 Å². The van der Waals surface area contributed by atoms with Crippen LogP contribution in [0.2, 0.25) is 0 Å². The van der Waals surface area contributed by atoms with Crippen LogP contribution in [0.5, 0.6) is 0 Å². The summed E-state index contributed by atoms with van der Waals surface area (Å²) in [5.74, 6) is -0.900. The molecule has 0 aliphatic rings. The summed E-state index contributed by atoms with van der Waals surface area (Å²) in [5.41, 5.74) is 1.12. The fourth-order valence-electron chi connectivity index (χ4n) is 1.11. The number of aliphatic carboxylic acids is 1. The van der Waals surface area contributed by atoms with E-state index in [-0.39, 0.29) is 6.42 Å². The van der Waals surface area contributed by atoms with Crippen molar-refractivity contribution in [2.45, 2.75) is 6.42 Å². The molecule has 13 heavy (non-hydrogen) atoms. The third-order valence-electron chi connectivity index (χ3n) is 1.63. The van der Waals surface area contributed by atoms with Crippen LogP contribution in [0.15, 0.2) is 18.2 Å². The summed E-state index contributed by atoms with van der Waals surface area (Å²) in [6.07, 6.45) is -0.0810. The van der Waals surface area contributed by atoms with Gasteiger partial charge in [-0.3, -0.25) is 4.79 Å². The molecule has 0 aliphatic carbocycles. The molecule has 0 saturated carbocycles. The lowest BCUT2D eigenvalue weighted by atomic mass is 10.3. The number of carboxylic acid groups (broad SMARTS) is 1. The van der Waals surface area contributed by atoms with Gasteiger partial charge in [-0.2, -0.15) is 4.52 Å². The van der Waals surface area contributed by atoms with Gasteiger partial charge in [0, 0.05) is 0 Å². The highest BCUT2D eigenvalue weighted by molar-refractivity contribution is 5.69. The molecule has 0 spiro atoms. The average Bonchev–Trinajstić information content (AvgIpc) is 2.51. The molecule has 6 nitrogen and oxygen atoms in total. The Hall–Kier alpha value is -1.98. The van der Waals surface area contributed by atoms with Gasteiger partial charge in [0.05, 0.1) is 12.1 Å². The van der Waals surface area contributed by atoms with Crippen LogP contribution < -0.4 is 0 Å². The molecular weight excluding hydrogens is 172 g/mol. The number of rotatable bonds is 2. The average molecular weight is 178 g/mol. The van der Waals surface area contributed by atoms with Crippen molar-refractivity contribution in [2.24, 2.45) is 0 Å². The van der Waals surface area contributed by atoms with Crippen molar-refractivity contribution in [3.63, 3.8) is 0 Å². The summed E-state index contributed by atoms with van der Waals surface area (Å²) in [4.78, 5) is 10.5. The molecule has 0 fully saturated rings. The summed E-state index contributed by atoms with van der Waals surface area (Å²) < 4.78 is 1.41. The molecule has 6 heteroatoms. The maximum atomic E-state index is 10.5. The fraction of sp³-hybridized carbons (Fsp3) is 0.143. The van der Waals surface area contributed by atoms with Gasteiger partial charge < -0.3 is 5.11 Å². The van der Waals surface area contributed by atoms with Gasteiger partial charge >= 0.3 is 5.97 Å². The number of nitrogens with zero attached hydrogens (tertiary/aromatic N) is 4. The summed E-state index contributed by atoms with van der Waals surface area (Å²) in [7, 11) is 0. The summed E-state index contributed by atoms with van der Waals surface area (Å²) in [5, 5.41) is 19.4. The SMILES string of the molecule is O=C(O)Cc1cccc2nnnn12. The van der Waals surface area contributed by atoms with E-state index < -0.39 is 5.97 Å². The minimum atomic E-state index is -0.900. The highest BCUT2D eigenvalue weighted by Gasteiger charge is 2.06. The van der Waals surface area contributed by atoms with Gasteiger partial charge in [0.25, 0.3) is 0 Å². The second-order valence-corrected chi connectivity index (χ2v) is 2.54. The first-order chi connectivity index (χ1) is 6.27. The molecule has 2 rings (SSSR count). The number of hydrogen-bond donors (Lipinski definition) is 1. The van der Waals surface area contributed by atoms with Crippen LogP contribution in [0.1, 0.15) is 5.69 Å². The zero-order chi connectivity index (χ0) is 9.26. The lowest BCUT2D eigenvalue weighted by Gasteiger charge is -1.97. The predicted molar refractivity (Wildman–Crippen MR) is 42.1 cm³/mol. The van der Waals surface area contributed by atoms with Crippen molar-refractivity contribution in [1.29, 1.82) is 0 Å². The molecular formula is C7H6N4O2. The molecule has 0 amide bonds. The molecule has 66 valence electrons. The summed E-state index contributed by atoms with van der Waals surface area (Å²) in [6.45, 7) is 0. The second kappa shape index (κ2) is 2.81. The highest BCUT2D eigenvalue weighted by Crippen LogP contribution is 2.02. The Bertz CT molecular complexity index is 450. The van der Waals surface area contributed by atoms with Crippen LogP contribution in [0.4, 0.5) is 0 Å². The minimum absolute atomic E-state index is 0.0810. The number of aromatic nitrogens is 4. The van der Waals surface area contributed by atoms with Crippen LogP contribution in [-0.4, -0.2) is 31.1 Å². The number of tetrazole rings is 1. The molecule has 0 atom stereocenters. The van der Waals surface area contributed by atoms with Crippen LogP contribution in [0.25, 0.3) is 5.65 Å². The standard InChI is InChI=1S/C7H6N4O2/c12-7(13)4-5-2-1-3-6-8-9-10-11(5)6/h1-3H,4H2,(H,12,13). The Kier molecular flexibility index (Phi) is 1.66. The van der Waals surface area contributed by atoms with Crippen molar-refractivity contribution in [3.8, 4) is 0 Å². The zero-order valence-corrected chi connectivity index (χ0v) is 6.58. The molecule has 2 aromatic heterocycles. The number of hydrogen-bond acceptors (Lipinski definition) is 4. The monoisotopic (exact) mass is 178 g/mol. The van der Waals surface area contributed by atoms with Crippen molar-refractivity contribution in [3.05, 3.63) is 23.9 Å². The van der Waals surface area contributed by atoms with Crippen LogP contribution >= 0.6 is 0 Å². The van der Waals surface area contributed by atoms with Gasteiger partial charge in [0.2, 0.25) is 0 Å². The lowest BCUT2D eigenvalue weighted by Crippen LogP contribution is -2.06. The van der Waals surface area contributed by atoms with E-state index >= 15 is 0 Å². The third-order valence-corrected chi connectivity index (χ3v) is 1.63. The molecule has 0 bridgehead atoms. The van der Waals surface area contributed by atoms with Crippen LogP contribution in [-0.2, 0) is 11.2 Å². The van der Waals surface area contributed by atoms with Crippen molar-refractivity contribution in [2.75, 3.05) is 0 Å². The summed E-state index contributed by atoms with van der Waals surface area (Å²) in [6, 6.07) is 5.12. The van der Waals surface area contributed by atoms with E-state index in [0.29, 0.717) is 11.3 Å². The van der Waals surface area contributed by atoms with Crippen molar-refractivity contribution < 1.29 is 9.90 Å². The predicted octanol–water partition coefficient (Wildman–Crippen LogP) is -0.249. The maximum Gasteiger partial charge on any atom is 0.309 e. The third kappa shape index (κ3) is 1.33. The van der Waals surface area contributed by atoms with E-state index in [2.05, 4.69) is 15.5 Å². The molecule has 0 aliphatic heterocycles. The van der Waals surface area contributed by atoms with E-state index in [1.807, 2.05) is 0 Å². The normalized spacial score (nSPS) is 10.5. The molecule has 2 heterocycles. The van der Waals surface area contributed by atoms with E-state index in [0.717, 1.165) is 0 Å². The highest BCUT2D eigenvalue weighted by atomic mass is 16.4. The van der Waals surface area contributed by atoms with Gasteiger partial charge in [-0.15, -0.1) is 5.10 Å². The van der Waals surface area contributed by atoms with Crippen LogP contribution in [0.3, 0.4) is 0 Å². The Labute approximate surface area is 72.8 Å². The first kappa shape index (κ1) is 7.66. The first-order valence-electron chi connectivity index (χ1n) is 3.65. The smallest absolute Gasteiger partial charge is 0.309 e. The zero-order valence-electron chi connectivity index (χ0n) is 6.58. The summed E-state index contributed by atoms with van der Waals surface area (Å²) >= 11 is 0. The van der Waals surface area contributed by atoms with Gasteiger partial charge in [-0.1, -0.05) is 6.07 Å². The number of fused-ring (bicyclic) bond motifs is 1. The van der Waals surface area contributed by atoms with Crippen molar-refractivity contribution in [1.82, 2.24) is 20.0 Å². The quantitative estimate of drug-likeness (QED) is 0.685. The Morgan fingerprint density at radius 1 is 1.54 bits per heavy atom. The van der Waals surface area contributed by atoms with E-state index in [4.69, 9.17) is 5.11 Å². The van der Waals surface area contributed by atoms with Crippen LogP contribution in [0, 0.1) is 0 Å².